The quantitative estimate of drug-likeness (QED) is 0.611. The van der Waals surface area contributed by atoms with E-state index >= 15 is 0 Å². The number of imide groups is 1. The van der Waals surface area contributed by atoms with Gasteiger partial charge in [0.15, 0.2) is 0 Å². The molecule has 5 nitrogen and oxygen atoms in total. The van der Waals surface area contributed by atoms with E-state index in [1.807, 2.05) is 11.4 Å². The SMILES string of the molecule is COC(=O)CN1C(=O)SC(=Cc2cc(Br)cs2)C1=O. The number of carbonyl (C=O) groups is 3. The van der Waals surface area contributed by atoms with Crippen LogP contribution in [0.4, 0.5) is 4.79 Å². The number of ether oxygens (including phenoxy) is 1. The van der Waals surface area contributed by atoms with Crippen molar-refractivity contribution >= 4 is 62.2 Å². The second kappa shape index (κ2) is 5.89. The summed E-state index contributed by atoms with van der Waals surface area (Å²) in [4.78, 5) is 36.8. The van der Waals surface area contributed by atoms with Gasteiger partial charge < -0.3 is 4.74 Å². The summed E-state index contributed by atoms with van der Waals surface area (Å²) in [6.45, 7) is -0.355. The molecule has 0 radical (unpaired) electrons. The molecule has 19 heavy (non-hydrogen) atoms. The van der Waals surface area contributed by atoms with Gasteiger partial charge in [0, 0.05) is 14.7 Å². The molecule has 100 valence electrons. The van der Waals surface area contributed by atoms with Crippen molar-refractivity contribution in [3.63, 3.8) is 0 Å². The highest BCUT2D eigenvalue weighted by molar-refractivity contribution is 9.10. The Hall–Kier alpha value is -1.12. The molecule has 1 fully saturated rings. The Morgan fingerprint density at radius 3 is 2.84 bits per heavy atom. The van der Waals surface area contributed by atoms with Crippen LogP contribution in [0.25, 0.3) is 6.08 Å². The van der Waals surface area contributed by atoms with Crippen molar-refractivity contribution in [2.75, 3.05) is 13.7 Å². The minimum Gasteiger partial charge on any atom is -0.468 e. The molecule has 0 saturated carbocycles. The highest BCUT2D eigenvalue weighted by atomic mass is 79.9. The van der Waals surface area contributed by atoms with Crippen LogP contribution in [0.2, 0.25) is 0 Å². The summed E-state index contributed by atoms with van der Waals surface area (Å²) in [5.74, 6) is -1.09. The zero-order chi connectivity index (χ0) is 14.0. The number of esters is 1. The predicted molar refractivity (Wildman–Crippen MR) is 76.7 cm³/mol. The third-order valence-corrected chi connectivity index (χ3v) is 4.80. The minimum absolute atomic E-state index is 0.309. The molecule has 0 atom stereocenters. The lowest BCUT2D eigenvalue weighted by Gasteiger charge is -2.09. The monoisotopic (exact) mass is 361 g/mol. The van der Waals surface area contributed by atoms with Gasteiger partial charge in [0.1, 0.15) is 6.54 Å². The molecule has 0 N–H and O–H groups in total. The fraction of sp³-hybridized carbons (Fsp3) is 0.182. The first kappa shape index (κ1) is 14.3. The Morgan fingerprint density at radius 1 is 1.53 bits per heavy atom. The van der Waals surface area contributed by atoms with Gasteiger partial charge in [0.25, 0.3) is 11.1 Å². The van der Waals surface area contributed by atoms with Gasteiger partial charge >= 0.3 is 5.97 Å². The lowest BCUT2D eigenvalue weighted by Crippen LogP contribution is -2.34. The van der Waals surface area contributed by atoms with Gasteiger partial charge in [0.05, 0.1) is 12.0 Å². The molecule has 0 spiro atoms. The normalized spacial score (nSPS) is 17.4. The maximum absolute atomic E-state index is 12.0. The van der Waals surface area contributed by atoms with Crippen LogP contribution in [0.3, 0.4) is 0 Å². The van der Waals surface area contributed by atoms with Gasteiger partial charge in [-0.05, 0) is 39.8 Å². The second-order valence-electron chi connectivity index (χ2n) is 3.51. The predicted octanol–water partition coefficient (Wildman–Crippen LogP) is 2.72. The number of nitrogens with zero attached hydrogens (tertiary/aromatic N) is 1. The molecule has 0 bridgehead atoms. The summed E-state index contributed by atoms with van der Waals surface area (Å²) >= 11 is 5.58. The molecular weight excluding hydrogens is 354 g/mol. The molecular formula is C11H8BrNO4S2. The summed E-state index contributed by atoms with van der Waals surface area (Å²) in [7, 11) is 1.21. The molecule has 2 rings (SSSR count). The Labute approximate surface area is 125 Å². The average molecular weight is 362 g/mol. The number of thiophene rings is 1. The van der Waals surface area contributed by atoms with Crippen LogP contribution < -0.4 is 0 Å². The molecule has 0 aliphatic carbocycles. The molecule has 1 saturated heterocycles. The van der Waals surface area contributed by atoms with Crippen LogP contribution in [0.1, 0.15) is 4.88 Å². The smallest absolute Gasteiger partial charge is 0.325 e. The Balaban J connectivity index is 2.18. The van der Waals surface area contributed by atoms with E-state index in [2.05, 4.69) is 20.7 Å². The third kappa shape index (κ3) is 3.26. The average Bonchev–Trinajstić information content (AvgIpc) is 2.88. The maximum Gasteiger partial charge on any atom is 0.325 e. The number of hydrogen-bond acceptors (Lipinski definition) is 6. The van der Waals surface area contributed by atoms with Crippen molar-refractivity contribution in [3.05, 3.63) is 25.7 Å². The van der Waals surface area contributed by atoms with Crippen LogP contribution in [0.15, 0.2) is 20.8 Å². The molecule has 1 aromatic rings. The second-order valence-corrected chi connectivity index (χ2v) is 6.36. The van der Waals surface area contributed by atoms with E-state index in [0.717, 1.165) is 26.0 Å². The summed E-state index contributed by atoms with van der Waals surface area (Å²) in [5.41, 5.74) is 0. The van der Waals surface area contributed by atoms with Gasteiger partial charge in [-0.2, -0.15) is 0 Å². The summed E-state index contributed by atoms with van der Waals surface area (Å²) in [6, 6.07) is 1.85. The molecule has 0 aromatic carbocycles. The zero-order valence-corrected chi connectivity index (χ0v) is 12.9. The van der Waals surface area contributed by atoms with Crippen molar-refractivity contribution in [3.8, 4) is 0 Å². The van der Waals surface area contributed by atoms with Gasteiger partial charge in [0.2, 0.25) is 0 Å². The van der Waals surface area contributed by atoms with Gasteiger partial charge in [-0.1, -0.05) is 0 Å². The highest BCUT2D eigenvalue weighted by Crippen LogP contribution is 2.33. The van der Waals surface area contributed by atoms with Gasteiger partial charge in [-0.15, -0.1) is 11.3 Å². The van der Waals surface area contributed by atoms with Crippen molar-refractivity contribution in [1.82, 2.24) is 4.90 Å². The fourth-order valence-corrected chi connectivity index (χ4v) is 3.64. The molecule has 2 heterocycles. The minimum atomic E-state index is -0.623. The molecule has 1 aromatic heterocycles. The van der Waals surface area contributed by atoms with E-state index in [-0.39, 0.29) is 6.54 Å². The number of rotatable bonds is 3. The summed E-state index contributed by atoms with van der Waals surface area (Å²) < 4.78 is 5.36. The largest absolute Gasteiger partial charge is 0.468 e. The third-order valence-electron chi connectivity index (χ3n) is 2.25. The zero-order valence-electron chi connectivity index (χ0n) is 9.71. The number of methoxy groups -OCH3 is 1. The van der Waals surface area contributed by atoms with Gasteiger partial charge in [-0.3, -0.25) is 19.3 Å². The topological polar surface area (TPSA) is 63.7 Å². The lowest BCUT2D eigenvalue weighted by atomic mass is 10.3. The molecule has 8 heteroatoms. The van der Waals surface area contributed by atoms with Crippen molar-refractivity contribution in [2.24, 2.45) is 0 Å². The van der Waals surface area contributed by atoms with Crippen LogP contribution in [-0.2, 0) is 14.3 Å². The van der Waals surface area contributed by atoms with E-state index in [9.17, 15) is 14.4 Å². The van der Waals surface area contributed by atoms with E-state index in [0.29, 0.717) is 4.91 Å². The number of carbonyl (C=O) groups excluding carboxylic acids is 3. The summed E-state index contributed by atoms with van der Waals surface area (Å²) in [5, 5.41) is 1.42. The van der Waals surface area contributed by atoms with Crippen LogP contribution in [-0.4, -0.2) is 35.7 Å². The maximum atomic E-state index is 12.0. The Morgan fingerprint density at radius 2 is 2.26 bits per heavy atom. The number of hydrogen-bond donors (Lipinski definition) is 0. The fourth-order valence-electron chi connectivity index (χ4n) is 1.36. The van der Waals surface area contributed by atoms with Crippen molar-refractivity contribution in [2.45, 2.75) is 0 Å². The van der Waals surface area contributed by atoms with E-state index < -0.39 is 17.1 Å². The Bertz CT molecular complexity index is 581. The van der Waals surface area contributed by atoms with E-state index in [4.69, 9.17) is 0 Å². The molecule has 1 aliphatic rings. The number of thioether (sulfide) groups is 1. The molecule has 1 aliphatic heterocycles. The number of amides is 2. The molecule has 2 amide bonds. The first-order chi connectivity index (χ1) is 9.01. The lowest BCUT2D eigenvalue weighted by molar-refractivity contribution is -0.143. The first-order valence-corrected chi connectivity index (χ1v) is 7.56. The first-order valence-electron chi connectivity index (χ1n) is 5.07. The molecule has 0 unspecified atom stereocenters. The van der Waals surface area contributed by atoms with Crippen molar-refractivity contribution < 1.29 is 19.1 Å². The van der Waals surface area contributed by atoms with Crippen LogP contribution in [0, 0.1) is 0 Å². The van der Waals surface area contributed by atoms with Crippen molar-refractivity contribution in [1.29, 1.82) is 0 Å². The number of halogens is 1. The summed E-state index contributed by atoms with van der Waals surface area (Å²) in [6.07, 6.45) is 1.64. The standard InChI is InChI=1S/C11H8BrNO4S2/c1-17-9(14)4-13-10(15)8(19-11(13)16)3-7-2-6(12)5-18-7/h2-3,5H,4H2,1H3. The van der Waals surface area contributed by atoms with Gasteiger partial charge in [-0.25, -0.2) is 0 Å². The van der Waals surface area contributed by atoms with Crippen LogP contribution >= 0.6 is 39.0 Å². The van der Waals surface area contributed by atoms with E-state index in [1.165, 1.54) is 18.4 Å². The highest BCUT2D eigenvalue weighted by Gasteiger charge is 2.36. The van der Waals surface area contributed by atoms with E-state index in [1.54, 1.807) is 6.08 Å². The Kier molecular flexibility index (Phi) is 4.43. The van der Waals surface area contributed by atoms with Crippen LogP contribution in [0.5, 0.6) is 0 Å².